The SMILES string of the molecule is CC1(C)CC1c1noc(C2CCC(N)CC2)n1. The number of nitrogens with zero attached hydrogens (tertiary/aromatic N) is 2. The summed E-state index contributed by atoms with van der Waals surface area (Å²) in [5.41, 5.74) is 6.28. The summed E-state index contributed by atoms with van der Waals surface area (Å²) in [6.07, 6.45) is 5.53. The van der Waals surface area contributed by atoms with Gasteiger partial charge in [0.05, 0.1) is 0 Å². The molecular weight excluding hydrogens is 214 g/mol. The molecule has 2 aliphatic rings. The van der Waals surface area contributed by atoms with E-state index in [0.717, 1.165) is 37.4 Å². The van der Waals surface area contributed by atoms with Crippen molar-refractivity contribution >= 4 is 0 Å². The van der Waals surface area contributed by atoms with Gasteiger partial charge in [0.25, 0.3) is 0 Å². The van der Waals surface area contributed by atoms with E-state index in [-0.39, 0.29) is 0 Å². The highest BCUT2D eigenvalue weighted by molar-refractivity contribution is 5.15. The molecule has 1 atom stereocenters. The number of hydrogen-bond donors (Lipinski definition) is 1. The van der Waals surface area contributed by atoms with Crippen LogP contribution < -0.4 is 5.73 Å². The zero-order chi connectivity index (χ0) is 12.0. The highest BCUT2D eigenvalue weighted by Gasteiger charge is 2.49. The molecule has 0 bridgehead atoms. The lowest BCUT2D eigenvalue weighted by Crippen LogP contribution is -2.25. The lowest BCUT2D eigenvalue weighted by Gasteiger charge is -2.22. The van der Waals surface area contributed by atoms with E-state index in [4.69, 9.17) is 10.3 Å². The minimum Gasteiger partial charge on any atom is -0.339 e. The third kappa shape index (κ3) is 2.10. The highest BCUT2D eigenvalue weighted by atomic mass is 16.5. The molecule has 4 nitrogen and oxygen atoms in total. The van der Waals surface area contributed by atoms with Gasteiger partial charge in [-0.15, -0.1) is 0 Å². The Labute approximate surface area is 102 Å². The van der Waals surface area contributed by atoms with Crippen molar-refractivity contribution in [2.75, 3.05) is 0 Å². The molecule has 0 saturated heterocycles. The molecule has 0 aromatic carbocycles. The van der Waals surface area contributed by atoms with Crippen LogP contribution in [0.3, 0.4) is 0 Å². The van der Waals surface area contributed by atoms with Crippen molar-refractivity contribution in [2.45, 2.75) is 63.8 Å². The Morgan fingerprint density at radius 2 is 1.88 bits per heavy atom. The van der Waals surface area contributed by atoms with Gasteiger partial charge in [0.2, 0.25) is 5.89 Å². The molecule has 0 amide bonds. The van der Waals surface area contributed by atoms with E-state index in [2.05, 4.69) is 24.0 Å². The monoisotopic (exact) mass is 235 g/mol. The quantitative estimate of drug-likeness (QED) is 0.855. The second-order valence-electron chi connectivity index (χ2n) is 6.35. The number of rotatable bonds is 2. The maximum absolute atomic E-state index is 5.91. The van der Waals surface area contributed by atoms with E-state index >= 15 is 0 Å². The van der Waals surface area contributed by atoms with Crippen molar-refractivity contribution in [1.29, 1.82) is 0 Å². The molecule has 2 N–H and O–H groups in total. The number of nitrogens with two attached hydrogens (primary N) is 1. The summed E-state index contributed by atoms with van der Waals surface area (Å²) in [5, 5.41) is 4.15. The van der Waals surface area contributed by atoms with Crippen LogP contribution in [-0.2, 0) is 0 Å². The van der Waals surface area contributed by atoms with E-state index in [1.54, 1.807) is 0 Å². The summed E-state index contributed by atoms with van der Waals surface area (Å²) in [6.45, 7) is 4.51. The summed E-state index contributed by atoms with van der Waals surface area (Å²) < 4.78 is 5.43. The zero-order valence-corrected chi connectivity index (χ0v) is 10.6. The van der Waals surface area contributed by atoms with Gasteiger partial charge in [0.15, 0.2) is 5.82 Å². The van der Waals surface area contributed by atoms with Gasteiger partial charge in [-0.25, -0.2) is 0 Å². The first-order valence-electron chi connectivity index (χ1n) is 6.65. The third-order valence-corrected chi connectivity index (χ3v) is 4.40. The average Bonchev–Trinajstić information content (AvgIpc) is 2.76. The molecule has 17 heavy (non-hydrogen) atoms. The molecule has 3 rings (SSSR count). The minimum absolute atomic E-state index is 0.371. The normalized spacial score (nSPS) is 35.8. The van der Waals surface area contributed by atoms with E-state index in [0.29, 0.717) is 23.3 Å². The van der Waals surface area contributed by atoms with Crippen LogP contribution >= 0.6 is 0 Å². The van der Waals surface area contributed by atoms with Gasteiger partial charge in [0, 0.05) is 17.9 Å². The van der Waals surface area contributed by atoms with Crippen LogP contribution in [0.5, 0.6) is 0 Å². The van der Waals surface area contributed by atoms with Gasteiger partial charge >= 0.3 is 0 Å². The van der Waals surface area contributed by atoms with Crippen molar-refractivity contribution in [1.82, 2.24) is 10.1 Å². The first kappa shape index (κ1) is 11.2. The summed E-state index contributed by atoms with van der Waals surface area (Å²) >= 11 is 0. The molecule has 1 aromatic heterocycles. The second kappa shape index (κ2) is 3.80. The predicted molar refractivity (Wildman–Crippen MR) is 64.6 cm³/mol. The fraction of sp³-hybridized carbons (Fsp3) is 0.846. The Hall–Kier alpha value is -0.900. The van der Waals surface area contributed by atoms with Crippen LogP contribution in [0.2, 0.25) is 0 Å². The summed E-state index contributed by atoms with van der Waals surface area (Å²) in [7, 11) is 0. The maximum atomic E-state index is 5.91. The molecule has 1 aromatic rings. The van der Waals surface area contributed by atoms with Crippen LogP contribution in [0.1, 0.15) is 69.5 Å². The summed E-state index contributed by atoms with van der Waals surface area (Å²) in [5.74, 6) is 2.71. The van der Waals surface area contributed by atoms with E-state index in [1.807, 2.05) is 0 Å². The first-order valence-corrected chi connectivity index (χ1v) is 6.65. The Morgan fingerprint density at radius 3 is 2.47 bits per heavy atom. The maximum Gasteiger partial charge on any atom is 0.229 e. The number of hydrogen-bond acceptors (Lipinski definition) is 4. The van der Waals surface area contributed by atoms with E-state index in [1.165, 1.54) is 6.42 Å². The molecule has 0 radical (unpaired) electrons. The minimum atomic E-state index is 0.371. The van der Waals surface area contributed by atoms with Crippen LogP contribution in [0.15, 0.2) is 4.52 Å². The molecule has 1 heterocycles. The molecule has 2 aliphatic carbocycles. The fourth-order valence-electron chi connectivity index (χ4n) is 2.83. The molecule has 4 heteroatoms. The standard InChI is InChI=1S/C13H21N3O/c1-13(2)7-10(13)11-15-12(17-16-11)8-3-5-9(14)6-4-8/h8-10H,3-7,14H2,1-2H3. The van der Waals surface area contributed by atoms with Gasteiger partial charge in [0.1, 0.15) is 0 Å². The highest BCUT2D eigenvalue weighted by Crippen LogP contribution is 2.57. The van der Waals surface area contributed by atoms with E-state index in [9.17, 15) is 0 Å². The molecule has 1 unspecified atom stereocenters. The van der Waals surface area contributed by atoms with Gasteiger partial charge in [-0.2, -0.15) is 4.98 Å². The van der Waals surface area contributed by atoms with Gasteiger partial charge in [-0.3, -0.25) is 0 Å². The van der Waals surface area contributed by atoms with Crippen LogP contribution in [0.25, 0.3) is 0 Å². The van der Waals surface area contributed by atoms with Gasteiger partial charge in [-0.05, 0) is 37.5 Å². The van der Waals surface area contributed by atoms with Crippen molar-refractivity contribution in [3.8, 4) is 0 Å². The van der Waals surface area contributed by atoms with Crippen LogP contribution in [-0.4, -0.2) is 16.2 Å². The zero-order valence-electron chi connectivity index (χ0n) is 10.6. The molecule has 2 fully saturated rings. The fourth-order valence-corrected chi connectivity index (χ4v) is 2.83. The molecule has 94 valence electrons. The van der Waals surface area contributed by atoms with Crippen molar-refractivity contribution in [2.24, 2.45) is 11.1 Å². The molecule has 2 saturated carbocycles. The van der Waals surface area contributed by atoms with Gasteiger partial charge < -0.3 is 10.3 Å². The average molecular weight is 235 g/mol. The smallest absolute Gasteiger partial charge is 0.229 e. The largest absolute Gasteiger partial charge is 0.339 e. The number of aromatic nitrogens is 2. The lowest BCUT2D eigenvalue weighted by molar-refractivity contribution is 0.299. The Balaban J connectivity index is 1.69. The predicted octanol–water partition coefficient (Wildman–Crippen LogP) is 2.57. The van der Waals surface area contributed by atoms with E-state index < -0.39 is 0 Å². The Kier molecular flexibility index (Phi) is 2.51. The third-order valence-electron chi connectivity index (χ3n) is 4.40. The van der Waals surface area contributed by atoms with Crippen LogP contribution in [0, 0.1) is 5.41 Å². The topological polar surface area (TPSA) is 64.9 Å². The Morgan fingerprint density at radius 1 is 1.24 bits per heavy atom. The molecule has 0 spiro atoms. The molecular formula is C13H21N3O. The first-order chi connectivity index (χ1) is 8.06. The van der Waals surface area contributed by atoms with Crippen LogP contribution in [0.4, 0.5) is 0 Å². The van der Waals surface area contributed by atoms with Crippen molar-refractivity contribution in [3.05, 3.63) is 11.7 Å². The lowest BCUT2D eigenvalue weighted by atomic mass is 9.86. The van der Waals surface area contributed by atoms with Gasteiger partial charge in [-0.1, -0.05) is 19.0 Å². The summed E-state index contributed by atoms with van der Waals surface area (Å²) in [6, 6.07) is 0.371. The molecule has 0 aliphatic heterocycles. The van der Waals surface area contributed by atoms with Crippen molar-refractivity contribution < 1.29 is 4.52 Å². The van der Waals surface area contributed by atoms with Crippen molar-refractivity contribution in [3.63, 3.8) is 0 Å². The Bertz CT molecular complexity index is 405. The summed E-state index contributed by atoms with van der Waals surface area (Å²) in [4.78, 5) is 4.60. The second-order valence-corrected chi connectivity index (χ2v) is 6.35.